The van der Waals surface area contributed by atoms with E-state index in [-0.39, 0.29) is 11.9 Å². The Morgan fingerprint density at radius 1 is 1.36 bits per heavy atom. The van der Waals surface area contributed by atoms with Gasteiger partial charge in [0.1, 0.15) is 5.75 Å². The molecule has 0 aliphatic carbocycles. The van der Waals surface area contributed by atoms with Crippen LogP contribution in [0.2, 0.25) is 0 Å². The molecule has 3 heterocycles. The van der Waals surface area contributed by atoms with E-state index in [4.69, 9.17) is 4.74 Å². The fourth-order valence-corrected chi connectivity index (χ4v) is 3.97. The van der Waals surface area contributed by atoms with E-state index in [1.807, 2.05) is 13.0 Å². The Morgan fingerprint density at radius 2 is 2.27 bits per heavy atom. The van der Waals surface area contributed by atoms with E-state index in [1.165, 1.54) is 16.8 Å². The Bertz CT molecular complexity index is 650. The zero-order valence-corrected chi connectivity index (χ0v) is 13.0. The molecule has 1 atom stereocenters. The van der Waals surface area contributed by atoms with Crippen molar-refractivity contribution in [3.63, 3.8) is 0 Å². The highest BCUT2D eigenvalue weighted by Gasteiger charge is 2.38. The van der Waals surface area contributed by atoms with Gasteiger partial charge >= 0.3 is 0 Å². The monoisotopic (exact) mass is 298 g/mol. The first-order valence-electron chi connectivity index (χ1n) is 8.30. The Balaban J connectivity index is 1.70. The Morgan fingerprint density at radius 3 is 3.14 bits per heavy atom. The zero-order chi connectivity index (χ0) is 15.1. The topological polar surface area (TPSA) is 41.6 Å². The fraction of sp³-hybridized carbons (Fsp3) is 0.500. The van der Waals surface area contributed by atoms with Crippen LogP contribution in [0.5, 0.6) is 5.75 Å². The van der Waals surface area contributed by atoms with E-state index in [9.17, 15) is 4.79 Å². The third-order valence-corrected chi connectivity index (χ3v) is 5.01. The van der Waals surface area contributed by atoms with E-state index in [1.54, 1.807) is 0 Å². The smallest absolute Gasteiger partial charge is 0.252 e. The molecule has 4 rings (SSSR count). The molecule has 1 aromatic carbocycles. The predicted octanol–water partition coefficient (Wildman–Crippen LogP) is 2.55. The molecule has 0 radical (unpaired) electrons. The average molecular weight is 298 g/mol. The van der Waals surface area contributed by atoms with Crippen molar-refractivity contribution in [3.05, 3.63) is 40.6 Å². The molecule has 0 bridgehead atoms. The standard InChI is InChI=1S/C18H22N2O2/c1-2-22-13-5-6-14-12(10-13)7-9-20-17(14)11-16-15(18(20)21)4-3-8-19-16/h5-6,10,17,19H,2-4,7-9,11H2,1H3. The lowest BCUT2D eigenvalue weighted by atomic mass is 9.84. The molecule has 3 aliphatic rings. The molecule has 0 saturated heterocycles. The summed E-state index contributed by atoms with van der Waals surface area (Å²) in [4.78, 5) is 14.9. The summed E-state index contributed by atoms with van der Waals surface area (Å²) >= 11 is 0. The molecule has 116 valence electrons. The molecule has 4 heteroatoms. The van der Waals surface area contributed by atoms with Gasteiger partial charge in [-0.1, -0.05) is 6.07 Å². The van der Waals surface area contributed by atoms with Crippen LogP contribution in [-0.2, 0) is 11.2 Å². The van der Waals surface area contributed by atoms with Gasteiger partial charge in [-0.25, -0.2) is 0 Å². The van der Waals surface area contributed by atoms with Gasteiger partial charge in [0, 0.05) is 30.8 Å². The van der Waals surface area contributed by atoms with E-state index in [0.29, 0.717) is 6.61 Å². The van der Waals surface area contributed by atoms with E-state index in [2.05, 4.69) is 22.3 Å². The molecule has 1 unspecified atom stereocenters. The SMILES string of the molecule is CCOc1ccc2c(c1)CCN1C(=O)C3=C(CC21)NCCC3. The lowest BCUT2D eigenvalue weighted by molar-refractivity contribution is -0.131. The van der Waals surface area contributed by atoms with Gasteiger partial charge in [-0.3, -0.25) is 4.79 Å². The van der Waals surface area contributed by atoms with Crippen LogP contribution in [0.25, 0.3) is 0 Å². The summed E-state index contributed by atoms with van der Waals surface area (Å²) in [5.74, 6) is 1.19. The molecular weight excluding hydrogens is 276 g/mol. The number of amides is 1. The minimum Gasteiger partial charge on any atom is -0.494 e. The van der Waals surface area contributed by atoms with Crippen LogP contribution in [0.1, 0.15) is 43.4 Å². The van der Waals surface area contributed by atoms with Crippen molar-refractivity contribution < 1.29 is 9.53 Å². The lowest BCUT2D eigenvalue weighted by Crippen LogP contribution is -2.46. The van der Waals surface area contributed by atoms with Crippen LogP contribution >= 0.6 is 0 Å². The summed E-state index contributed by atoms with van der Waals surface area (Å²) in [5, 5.41) is 3.45. The first kappa shape index (κ1) is 13.7. The van der Waals surface area contributed by atoms with Crippen LogP contribution in [0, 0.1) is 0 Å². The largest absolute Gasteiger partial charge is 0.494 e. The van der Waals surface area contributed by atoms with Crippen molar-refractivity contribution in [2.24, 2.45) is 0 Å². The van der Waals surface area contributed by atoms with Gasteiger partial charge in [0.15, 0.2) is 0 Å². The Labute approximate surface area is 131 Å². The number of hydrogen-bond acceptors (Lipinski definition) is 3. The molecule has 22 heavy (non-hydrogen) atoms. The number of carbonyl (C=O) groups is 1. The van der Waals surface area contributed by atoms with Crippen LogP contribution in [-0.4, -0.2) is 30.5 Å². The maximum Gasteiger partial charge on any atom is 0.252 e. The molecule has 0 fully saturated rings. The van der Waals surface area contributed by atoms with Crippen molar-refractivity contribution in [3.8, 4) is 5.75 Å². The number of benzene rings is 1. The summed E-state index contributed by atoms with van der Waals surface area (Å²) in [5.41, 5.74) is 4.83. The third kappa shape index (κ3) is 2.09. The second-order valence-corrected chi connectivity index (χ2v) is 6.25. The normalized spacial score (nSPS) is 23.4. The van der Waals surface area contributed by atoms with E-state index < -0.39 is 0 Å². The highest BCUT2D eigenvalue weighted by atomic mass is 16.5. The van der Waals surface area contributed by atoms with Crippen molar-refractivity contribution in [2.45, 2.75) is 38.6 Å². The van der Waals surface area contributed by atoms with Gasteiger partial charge in [0.2, 0.25) is 0 Å². The molecule has 3 aliphatic heterocycles. The third-order valence-electron chi connectivity index (χ3n) is 5.01. The summed E-state index contributed by atoms with van der Waals surface area (Å²) in [6.45, 7) is 4.51. The van der Waals surface area contributed by atoms with E-state index >= 15 is 0 Å². The Kier molecular flexibility index (Phi) is 3.32. The first-order chi connectivity index (χ1) is 10.8. The van der Waals surface area contributed by atoms with Gasteiger partial charge < -0.3 is 15.0 Å². The van der Waals surface area contributed by atoms with Gasteiger partial charge in [-0.15, -0.1) is 0 Å². The molecule has 1 amide bonds. The Hall–Kier alpha value is -1.97. The van der Waals surface area contributed by atoms with Crippen molar-refractivity contribution in [1.29, 1.82) is 0 Å². The predicted molar refractivity (Wildman–Crippen MR) is 84.6 cm³/mol. The zero-order valence-electron chi connectivity index (χ0n) is 13.0. The van der Waals surface area contributed by atoms with Crippen LogP contribution < -0.4 is 10.1 Å². The van der Waals surface area contributed by atoms with Crippen LogP contribution in [0.3, 0.4) is 0 Å². The quantitative estimate of drug-likeness (QED) is 0.912. The molecule has 0 saturated carbocycles. The van der Waals surface area contributed by atoms with Gasteiger partial charge in [-0.2, -0.15) is 0 Å². The molecule has 0 spiro atoms. The van der Waals surface area contributed by atoms with Gasteiger partial charge in [0.05, 0.1) is 12.6 Å². The second-order valence-electron chi connectivity index (χ2n) is 6.25. The number of nitrogens with one attached hydrogen (secondary N) is 1. The van der Waals surface area contributed by atoms with Crippen molar-refractivity contribution in [1.82, 2.24) is 10.2 Å². The number of nitrogens with zero attached hydrogens (tertiary/aromatic N) is 1. The maximum absolute atomic E-state index is 12.8. The molecule has 1 N–H and O–H groups in total. The highest BCUT2D eigenvalue weighted by molar-refractivity contribution is 5.95. The number of ether oxygens (including phenoxy) is 1. The van der Waals surface area contributed by atoms with Crippen LogP contribution in [0.15, 0.2) is 29.5 Å². The van der Waals surface area contributed by atoms with E-state index in [0.717, 1.165) is 50.1 Å². The highest BCUT2D eigenvalue weighted by Crippen LogP contribution is 2.41. The molecule has 0 aromatic heterocycles. The summed E-state index contributed by atoms with van der Waals surface area (Å²) in [7, 11) is 0. The second kappa shape index (κ2) is 5.34. The minimum absolute atomic E-state index is 0.191. The fourth-order valence-electron chi connectivity index (χ4n) is 3.97. The average Bonchev–Trinajstić information content (AvgIpc) is 2.55. The molecular formula is C18H22N2O2. The number of carbonyl (C=O) groups excluding carboxylic acids is 1. The number of hydrogen-bond donors (Lipinski definition) is 1. The maximum atomic E-state index is 12.8. The molecule has 4 nitrogen and oxygen atoms in total. The summed E-state index contributed by atoms with van der Waals surface area (Å²) in [6, 6.07) is 6.53. The van der Waals surface area contributed by atoms with Crippen molar-refractivity contribution >= 4 is 5.91 Å². The van der Waals surface area contributed by atoms with Crippen LogP contribution in [0.4, 0.5) is 0 Å². The first-order valence-corrected chi connectivity index (χ1v) is 8.30. The van der Waals surface area contributed by atoms with Gasteiger partial charge in [-0.05, 0) is 49.4 Å². The summed E-state index contributed by atoms with van der Waals surface area (Å²) in [6.07, 6.45) is 3.86. The van der Waals surface area contributed by atoms with Gasteiger partial charge in [0.25, 0.3) is 5.91 Å². The van der Waals surface area contributed by atoms with Crippen molar-refractivity contribution in [2.75, 3.05) is 19.7 Å². The molecule has 1 aromatic rings. The lowest BCUT2D eigenvalue weighted by Gasteiger charge is -2.43. The summed E-state index contributed by atoms with van der Waals surface area (Å²) < 4.78 is 5.61. The number of fused-ring (bicyclic) bond motifs is 3. The minimum atomic E-state index is 0.191. The number of rotatable bonds is 2.